The van der Waals surface area contributed by atoms with Crippen LogP contribution in [0.15, 0.2) is 0 Å². The van der Waals surface area contributed by atoms with Crippen molar-refractivity contribution in [2.75, 3.05) is 32.7 Å². The van der Waals surface area contributed by atoms with Gasteiger partial charge < -0.3 is 10.2 Å². The van der Waals surface area contributed by atoms with E-state index in [0.717, 1.165) is 19.6 Å². The second kappa shape index (κ2) is 5.70. The molecule has 1 heterocycles. The van der Waals surface area contributed by atoms with E-state index in [1.807, 2.05) is 0 Å². The van der Waals surface area contributed by atoms with Crippen LogP contribution in [0.4, 0.5) is 13.2 Å². The highest BCUT2D eigenvalue weighted by Crippen LogP contribution is 2.15. The van der Waals surface area contributed by atoms with Crippen molar-refractivity contribution < 1.29 is 13.2 Å². The van der Waals surface area contributed by atoms with Gasteiger partial charge in [0.25, 0.3) is 0 Å². The Morgan fingerprint density at radius 3 is 2.73 bits per heavy atom. The molecule has 0 amide bonds. The third kappa shape index (κ3) is 5.99. The van der Waals surface area contributed by atoms with Gasteiger partial charge in [-0.05, 0) is 25.3 Å². The molecule has 0 bridgehead atoms. The smallest absolute Gasteiger partial charge is 0.307 e. The molecule has 0 aromatic heterocycles. The molecule has 0 aromatic rings. The second-order valence-electron chi connectivity index (χ2n) is 4.34. The molecule has 1 aliphatic rings. The molecular formula is C10H19F3N2. The summed E-state index contributed by atoms with van der Waals surface area (Å²) in [6, 6.07) is 0. The van der Waals surface area contributed by atoms with Crippen molar-refractivity contribution in [1.29, 1.82) is 0 Å². The molecule has 0 radical (unpaired) electrons. The number of piperidine rings is 1. The zero-order chi connectivity index (χ0) is 11.3. The van der Waals surface area contributed by atoms with Crippen LogP contribution in [0.25, 0.3) is 0 Å². The molecule has 0 aromatic carbocycles. The molecule has 1 saturated heterocycles. The number of alkyl halides is 3. The molecule has 15 heavy (non-hydrogen) atoms. The zero-order valence-corrected chi connectivity index (χ0v) is 9.11. The van der Waals surface area contributed by atoms with Gasteiger partial charge in [-0.2, -0.15) is 13.2 Å². The van der Waals surface area contributed by atoms with Crippen LogP contribution in [0.5, 0.6) is 0 Å². The first kappa shape index (κ1) is 12.8. The summed E-state index contributed by atoms with van der Waals surface area (Å²) in [5.41, 5.74) is 0. The topological polar surface area (TPSA) is 15.3 Å². The van der Waals surface area contributed by atoms with Crippen LogP contribution in [0.2, 0.25) is 0 Å². The van der Waals surface area contributed by atoms with E-state index in [4.69, 9.17) is 0 Å². The number of likely N-dealkylation sites (tertiary alicyclic amines) is 1. The lowest BCUT2D eigenvalue weighted by Crippen LogP contribution is -2.40. The van der Waals surface area contributed by atoms with E-state index in [0.29, 0.717) is 12.5 Å². The Bertz CT molecular complexity index is 182. The lowest BCUT2D eigenvalue weighted by molar-refractivity contribution is -0.124. The maximum absolute atomic E-state index is 11.8. The fourth-order valence-corrected chi connectivity index (χ4v) is 1.96. The van der Waals surface area contributed by atoms with E-state index in [2.05, 4.69) is 17.1 Å². The molecule has 0 spiro atoms. The van der Waals surface area contributed by atoms with Crippen LogP contribution in [0.1, 0.15) is 19.8 Å². The van der Waals surface area contributed by atoms with E-state index in [9.17, 15) is 13.2 Å². The van der Waals surface area contributed by atoms with Crippen LogP contribution in [0, 0.1) is 5.92 Å². The molecule has 5 heteroatoms. The first-order valence-corrected chi connectivity index (χ1v) is 5.47. The van der Waals surface area contributed by atoms with Crippen LogP contribution in [-0.4, -0.2) is 43.8 Å². The number of rotatable bonds is 4. The van der Waals surface area contributed by atoms with Crippen LogP contribution >= 0.6 is 0 Å². The van der Waals surface area contributed by atoms with Gasteiger partial charge in [0.1, 0.15) is 0 Å². The van der Waals surface area contributed by atoms with Crippen molar-refractivity contribution in [2.24, 2.45) is 5.92 Å². The molecule has 0 saturated carbocycles. The third-order valence-corrected chi connectivity index (χ3v) is 2.67. The van der Waals surface area contributed by atoms with E-state index in [-0.39, 0.29) is 0 Å². The first-order chi connectivity index (χ1) is 6.97. The molecular weight excluding hydrogens is 205 g/mol. The molecule has 1 N–H and O–H groups in total. The zero-order valence-electron chi connectivity index (χ0n) is 9.11. The summed E-state index contributed by atoms with van der Waals surface area (Å²) in [7, 11) is 0. The van der Waals surface area contributed by atoms with Crippen LogP contribution in [0.3, 0.4) is 0 Å². The highest BCUT2D eigenvalue weighted by atomic mass is 19.4. The molecule has 1 atom stereocenters. The maximum atomic E-state index is 11.8. The molecule has 1 fully saturated rings. The average Bonchev–Trinajstić information content (AvgIpc) is 2.11. The van der Waals surface area contributed by atoms with Gasteiger partial charge in [-0.15, -0.1) is 0 Å². The number of halogens is 3. The molecule has 1 unspecified atom stereocenters. The van der Waals surface area contributed by atoms with Gasteiger partial charge in [0.05, 0.1) is 6.54 Å². The molecule has 90 valence electrons. The average molecular weight is 224 g/mol. The number of nitrogens with one attached hydrogen (secondary N) is 1. The fraction of sp³-hybridized carbons (Fsp3) is 1.00. The number of hydrogen-bond acceptors (Lipinski definition) is 2. The molecule has 1 rings (SSSR count). The van der Waals surface area contributed by atoms with Crippen molar-refractivity contribution in [3.63, 3.8) is 0 Å². The Hall–Kier alpha value is -0.290. The fourth-order valence-electron chi connectivity index (χ4n) is 1.96. The molecule has 2 nitrogen and oxygen atoms in total. The lowest BCUT2D eigenvalue weighted by atomic mass is 10.0. The summed E-state index contributed by atoms with van der Waals surface area (Å²) in [4.78, 5) is 2.23. The van der Waals surface area contributed by atoms with Gasteiger partial charge in [-0.1, -0.05) is 6.92 Å². The Kier molecular flexibility index (Phi) is 4.86. The maximum Gasteiger partial charge on any atom is 0.401 e. The van der Waals surface area contributed by atoms with Crippen molar-refractivity contribution in [2.45, 2.75) is 25.9 Å². The highest BCUT2D eigenvalue weighted by molar-refractivity contribution is 4.70. The van der Waals surface area contributed by atoms with Crippen LogP contribution in [-0.2, 0) is 0 Å². The summed E-state index contributed by atoms with van der Waals surface area (Å²) in [5, 5.41) is 2.42. The summed E-state index contributed by atoms with van der Waals surface area (Å²) < 4.78 is 35.4. The Balaban J connectivity index is 2.04. The number of hydrogen-bond donors (Lipinski definition) is 1. The first-order valence-electron chi connectivity index (χ1n) is 5.47. The standard InChI is InChI=1S/C10H19F3N2/c1-9-3-2-5-15(7-9)6-4-14-8-10(11,12)13/h9,14H,2-8H2,1H3. The van der Waals surface area contributed by atoms with Gasteiger partial charge in [0.15, 0.2) is 0 Å². The Labute approximate surface area is 88.8 Å². The largest absolute Gasteiger partial charge is 0.401 e. The molecule has 0 aliphatic carbocycles. The minimum Gasteiger partial charge on any atom is -0.307 e. The van der Waals surface area contributed by atoms with Gasteiger partial charge >= 0.3 is 6.18 Å². The second-order valence-corrected chi connectivity index (χ2v) is 4.34. The van der Waals surface area contributed by atoms with Gasteiger partial charge in [-0.25, -0.2) is 0 Å². The summed E-state index contributed by atoms with van der Waals surface area (Å²) >= 11 is 0. The normalized spacial score (nSPS) is 24.4. The van der Waals surface area contributed by atoms with Crippen molar-refractivity contribution in [1.82, 2.24) is 10.2 Å². The predicted molar refractivity (Wildman–Crippen MR) is 53.8 cm³/mol. The quantitative estimate of drug-likeness (QED) is 0.733. The summed E-state index contributed by atoms with van der Waals surface area (Å²) in [6.45, 7) is 4.50. The Morgan fingerprint density at radius 1 is 1.40 bits per heavy atom. The monoisotopic (exact) mass is 224 g/mol. The van der Waals surface area contributed by atoms with Crippen molar-refractivity contribution in [3.8, 4) is 0 Å². The minimum absolute atomic E-state index is 0.423. The predicted octanol–water partition coefficient (Wildman–Crippen LogP) is 1.87. The van der Waals surface area contributed by atoms with Gasteiger partial charge in [-0.3, -0.25) is 0 Å². The SMILES string of the molecule is CC1CCCN(CCNCC(F)(F)F)C1. The third-order valence-electron chi connectivity index (χ3n) is 2.67. The highest BCUT2D eigenvalue weighted by Gasteiger charge is 2.26. The summed E-state index contributed by atoms with van der Waals surface area (Å²) in [6.07, 6.45) is -1.68. The van der Waals surface area contributed by atoms with E-state index < -0.39 is 12.7 Å². The minimum atomic E-state index is -4.09. The lowest BCUT2D eigenvalue weighted by Gasteiger charge is -2.30. The van der Waals surface area contributed by atoms with Crippen molar-refractivity contribution in [3.05, 3.63) is 0 Å². The van der Waals surface area contributed by atoms with Gasteiger partial charge in [0, 0.05) is 19.6 Å². The van der Waals surface area contributed by atoms with E-state index >= 15 is 0 Å². The van der Waals surface area contributed by atoms with Crippen LogP contribution < -0.4 is 5.32 Å². The van der Waals surface area contributed by atoms with E-state index in [1.165, 1.54) is 12.8 Å². The van der Waals surface area contributed by atoms with E-state index in [1.54, 1.807) is 0 Å². The Morgan fingerprint density at radius 2 is 2.13 bits per heavy atom. The van der Waals surface area contributed by atoms with Crippen molar-refractivity contribution >= 4 is 0 Å². The number of nitrogens with zero attached hydrogens (tertiary/aromatic N) is 1. The molecule has 1 aliphatic heterocycles. The van der Waals surface area contributed by atoms with Gasteiger partial charge in [0.2, 0.25) is 0 Å². The summed E-state index contributed by atoms with van der Waals surface area (Å²) in [5.74, 6) is 0.682.